The number of rotatable bonds is 24. The van der Waals surface area contributed by atoms with Gasteiger partial charge in [-0.1, -0.05) is 205 Å². The van der Waals surface area contributed by atoms with Crippen LogP contribution in [0.15, 0.2) is 119 Å². The molecule has 1 aliphatic heterocycles. The summed E-state index contributed by atoms with van der Waals surface area (Å²) < 4.78 is 19.6. The standard InChI is InChI=1S/C50H62N2O5S/c1-2-3-4-5-6-7-8-9-10-11-12-13-20-25-46(54)51-35-38-26-32-43(33-27-38)49-55-44(34-45(56-49)40-30-28-39(36-53)29-31-40)37-58-50-52-47(41-21-16-14-17-22-41)48(57-50)42-23-18-15-19-24-42/h14-19,21-24,26-33,44-45,49,53H,2-13,20,25,34-37H2,1H3,(H,51,54)/t44-,45+,49?/m0/s1. The van der Waals surface area contributed by atoms with Gasteiger partial charge in [-0.05, 0) is 23.1 Å². The van der Waals surface area contributed by atoms with Gasteiger partial charge in [0, 0.05) is 41.8 Å². The van der Waals surface area contributed by atoms with Crippen molar-refractivity contribution >= 4 is 17.7 Å². The second-order valence-electron chi connectivity index (χ2n) is 15.6. The van der Waals surface area contributed by atoms with Crippen LogP contribution in [0.4, 0.5) is 0 Å². The lowest BCUT2D eigenvalue weighted by molar-refractivity contribution is -0.245. The van der Waals surface area contributed by atoms with Crippen molar-refractivity contribution in [3.63, 3.8) is 0 Å². The SMILES string of the molecule is CCCCCCCCCCCCCCCC(=O)NCc1ccc(C2O[C@H](CSc3nc(-c4ccccc4)c(-c4ccccc4)o3)C[C@H](c3ccc(CO)cc3)O2)cc1. The molecule has 1 amide bonds. The average Bonchev–Trinajstić information content (AvgIpc) is 3.72. The van der Waals surface area contributed by atoms with Gasteiger partial charge in [-0.25, -0.2) is 4.98 Å². The largest absolute Gasteiger partial charge is 0.431 e. The Morgan fingerprint density at radius 1 is 0.690 bits per heavy atom. The summed E-state index contributed by atoms with van der Waals surface area (Å²) in [6.45, 7) is 2.76. The molecule has 1 saturated heterocycles. The molecule has 0 radical (unpaired) electrons. The molecule has 1 fully saturated rings. The summed E-state index contributed by atoms with van der Waals surface area (Å²) in [5, 5.41) is 13.3. The van der Waals surface area contributed by atoms with Crippen molar-refractivity contribution in [2.75, 3.05) is 5.75 Å². The number of aliphatic hydroxyl groups excluding tert-OH is 1. The fourth-order valence-corrected chi connectivity index (χ4v) is 8.35. The van der Waals surface area contributed by atoms with E-state index in [1.54, 1.807) is 11.8 Å². The highest BCUT2D eigenvalue weighted by Gasteiger charge is 2.33. The lowest BCUT2D eigenvalue weighted by Gasteiger charge is -2.36. The van der Waals surface area contributed by atoms with Gasteiger partial charge in [-0.2, -0.15) is 0 Å². The van der Waals surface area contributed by atoms with Crippen molar-refractivity contribution < 1.29 is 23.8 Å². The van der Waals surface area contributed by atoms with E-state index in [1.165, 1.54) is 70.6 Å². The number of unbranched alkanes of at least 4 members (excludes halogenated alkanes) is 12. The van der Waals surface area contributed by atoms with Crippen molar-refractivity contribution in [1.29, 1.82) is 0 Å². The van der Waals surface area contributed by atoms with Crippen LogP contribution in [0.3, 0.4) is 0 Å². The first-order chi connectivity index (χ1) is 28.6. The van der Waals surface area contributed by atoms with Crippen LogP contribution in [0.5, 0.6) is 0 Å². The van der Waals surface area contributed by atoms with Crippen molar-refractivity contribution in [1.82, 2.24) is 10.3 Å². The number of carbonyl (C=O) groups is 1. The number of hydrogen-bond acceptors (Lipinski definition) is 7. The third kappa shape index (κ3) is 13.7. The van der Waals surface area contributed by atoms with Gasteiger partial charge < -0.3 is 24.3 Å². The summed E-state index contributed by atoms with van der Waals surface area (Å²) in [4.78, 5) is 17.6. The van der Waals surface area contributed by atoms with Crippen LogP contribution in [0.25, 0.3) is 22.6 Å². The highest BCUT2D eigenvalue weighted by Crippen LogP contribution is 2.41. The summed E-state index contributed by atoms with van der Waals surface area (Å²) in [5.41, 5.74) is 6.65. The number of ether oxygens (including phenoxy) is 2. The quantitative estimate of drug-likeness (QED) is 0.0474. The van der Waals surface area contributed by atoms with Crippen molar-refractivity contribution in [3.05, 3.63) is 131 Å². The van der Waals surface area contributed by atoms with Crippen LogP contribution >= 0.6 is 11.8 Å². The monoisotopic (exact) mass is 802 g/mol. The molecule has 6 rings (SSSR count). The Morgan fingerprint density at radius 3 is 1.88 bits per heavy atom. The average molecular weight is 803 g/mol. The van der Waals surface area contributed by atoms with E-state index in [4.69, 9.17) is 18.9 Å². The summed E-state index contributed by atoms with van der Waals surface area (Å²) in [6, 6.07) is 36.3. The molecule has 0 spiro atoms. The van der Waals surface area contributed by atoms with E-state index in [-0.39, 0.29) is 24.7 Å². The van der Waals surface area contributed by atoms with E-state index >= 15 is 0 Å². The number of aromatic nitrogens is 1. The minimum absolute atomic E-state index is 0.00483. The molecule has 0 bridgehead atoms. The molecule has 0 aliphatic carbocycles. The minimum atomic E-state index is -0.578. The summed E-state index contributed by atoms with van der Waals surface area (Å²) in [5.74, 6) is 1.48. The van der Waals surface area contributed by atoms with Crippen LogP contribution in [0.1, 0.15) is 138 Å². The zero-order valence-electron chi connectivity index (χ0n) is 34.3. The Balaban J connectivity index is 0.997. The van der Waals surface area contributed by atoms with Crippen LogP contribution in [-0.4, -0.2) is 27.9 Å². The Labute approximate surface area is 350 Å². The number of aliphatic hydroxyl groups is 1. The number of nitrogens with zero attached hydrogens (tertiary/aromatic N) is 1. The van der Waals surface area contributed by atoms with Gasteiger partial charge in [0.15, 0.2) is 12.1 Å². The van der Waals surface area contributed by atoms with E-state index in [1.807, 2.05) is 97.1 Å². The molecule has 2 heterocycles. The molecule has 3 atom stereocenters. The lowest BCUT2D eigenvalue weighted by Crippen LogP contribution is -2.31. The Hall–Kier alpha value is -4.21. The normalized spacial score (nSPS) is 16.7. The second kappa shape index (κ2) is 24.0. The summed E-state index contributed by atoms with van der Waals surface area (Å²) in [7, 11) is 0. The topological polar surface area (TPSA) is 93.8 Å². The zero-order valence-corrected chi connectivity index (χ0v) is 35.1. The molecule has 1 aliphatic rings. The molecule has 58 heavy (non-hydrogen) atoms. The number of thioether (sulfide) groups is 1. The zero-order chi connectivity index (χ0) is 40.2. The van der Waals surface area contributed by atoms with Gasteiger partial charge in [-0.15, -0.1) is 0 Å². The van der Waals surface area contributed by atoms with Crippen molar-refractivity contribution in [2.45, 2.75) is 140 Å². The molecule has 308 valence electrons. The van der Waals surface area contributed by atoms with E-state index < -0.39 is 6.29 Å². The molecule has 0 saturated carbocycles. The molecular formula is C50H62N2O5S. The van der Waals surface area contributed by atoms with Gasteiger partial charge in [0.05, 0.1) is 18.8 Å². The molecule has 1 unspecified atom stereocenters. The van der Waals surface area contributed by atoms with Gasteiger partial charge in [0.25, 0.3) is 5.22 Å². The fourth-order valence-electron chi connectivity index (χ4n) is 7.51. The van der Waals surface area contributed by atoms with Crippen molar-refractivity contribution in [3.8, 4) is 22.6 Å². The maximum atomic E-state index is 12.6. The molecule has 2 N–H and O–H groups in total. The van der Waals surface area contributed by atoms with E-state index in [9.17, 15) is 9.90 Å². The van der Waals surface area contributed by atoms with Gasteiger partial charge >= 0.3 is 0 Å². The first-order valence-corrected chi connectivity index (χ1v) is 22.7. The molecule has 7 nitrogen and oxygen atoms in total. The van der Waals surface area contributed by atoms with Gasteiger partial charge in [0.1, 0.15) is 5.69 Å². The van der Waals surface area contributed by atoms with Gasteiger partial charge in [-0.3, -0.25) is 4.79 Å². The predicted molar refractivity (Wildman–Crippen MR) is 235 cm³/mol. The van der Waals surface area contributed by atoms with E-state index in [2.05, 4.69) is 24.4 Å². The van der Waals surface area contributed by atoms with Crippen molar-refractivity contribution in [2.24, 2.45) is 0 Å². The fraction of sp³-hybridized carbons (Fsp3) is 0.440. The number of hydrogen-bond donors (Lipinski definition) is 2. The van der Waals surface area contributed by atoms with Crippen LogP contribution < -0.4 is 5.32 Å². The number of oxazole rings is 1. The third-order valence-corrected chi connectivity index (χ3v) is 11.9. The predicted octanol–water partition coefficient (Wildman–Crippen LogP) is 12.9. The van der Waals surface area contributed by atoms with Crippen LogP contribution in [0, 0.1) is 0 Å². The number of amides is 1. The second-order valence-corrected chi connectivity index (χ2v) is 16.5. The van der Waals surface area contributed by atoms with Gasteiger partial charge in [0.2, 0.25) is 5.91 Å². The van der Waals surface area contributed by atoms with E-state index in [0.29, 0.717) is 30.4 Å². The molecule has 5 aromatic rings. The maximum absolute atomic E-state index is 12.6. The summed E-state index contributed by atoms with van der Waals surface area (Å²) >= 11 is 1.55. The first-order valence-electron chi connectivity index (χ1n) is 21.7. The Bertz CT molecular complexity index is 1840. The highest BCUT2D eigenvalue weighted by atomic mass is 32.2. The van der Waals surface area contributed by atoms with Crippen LogP contribution in [0.2, 0.25) is 0 Å². The number of nitrogens with one attached hydrogen (secondary N) is 1. The Kier molecular flexibility index (Phi) is 18.0. The summed E-state index contributed by atoms with van der Waals surface area (Å²) in [6.07, 6.45) is 17.2. The lowest BCUT2D eigenvalue weighted by atomic mass is 10.0. The maximum Gasteiger partial charge on any atom is 0.256 e. The molecule has 1 aromatic heterocycles. The third-order valence-electron chi connectivity index (χ3n) is 10.9. The number of carbonyl (C=O) groups excluding carboxylic acids is 1. The Morgan fingerprint density at radius 2 is 1.26 bits per heavy atom. The smallest absolute Gasteiger partial charge is 0.256 e. The van der Waals surface area contributed by atoms with Crippen LogP contribution in [-0.2, 0) is 27.4 Å². The minimum Gasteiger partial charge on any atom is -0.431 e. The molecule has 8 heteroatoms. The molecular weight excluding hydrogens is 741 g/mol. The molecule has 4 aromatic carbocycles. The highest BCUT2D eigenvalue weighted by molar-refractivity contribution is 7.99. The first kappa shape index (κ1) is 43.4. The number of benzene rings is 4. The van der Waals surface area contributed by atoms with E-state index in [0.717, 1.165) is 57.7 Å².